The van der Waals surface area contributed by atoms with Crippen molar-refractivity contribution in [2.75, 3.05) is 6.54 Å². The molecule has 4 rings (SSSR count). The third-order valence-electron chi connectivity index (χ3n) is 5.08. The fourth-order valence-electron chi connectivity index (χ4n) is 3.85. The van der Waals surface area contributed by atoms with Gasteiger partial charge in [-0.05, 0) is 30.5 Å². The van der Waals surface area contributed by atoms with Crippen LogP contribution in [0.2, 0.25) is 0 Å². The Kier molecular flexibility index (Phi) is 4.02. The van der Waals surface area contributed by atoms with E-state index in [2.05, 4.69) is 4.98 Å². The summed E-state index contributed by atoms with van der Waals surface area (Å²) in [6.07, 6.45) is -1.75. The molecule has 2 unspecified atom stereocenters. The molecule has 2 atom stereocenters. The van der Waals surface area contributed by atoms with Crippen LogP contribution < -0.4 is 0 Å². The number of halogens is 3. The number of likely N-dealkylation sites (tertiary alicyclic amines) is 1. The molecule has 1 fully saturated rings. The lowest BCUT2D eigenvalue weighted by Crippen LogP contribution is -2.33. The maximum absolute atomic E-state index is 13.0. The molecule has 3 heterocycles. The molecule has 0 radical (unpaired) electrons. The number of β-amino-alcohol motifs (C(OH)–C–C–N with tert-alkyl or cyclic N) is 1. The molecule has 0 aliphatic carbocycles. The number of hydrogen-bond donors (Lipinski definition) is 1. The Bertz CT molecular complexity index is 846. The van der Waals surface area contributed by atoms with Crippen LogP contribution in [0, 0.1) is 0 Å². The van der Waals surface area contributed by atoms with Crippen LogP contribution in [0.3, 0.4) is 0 Å². The molecule has 1 N–H and O–H groups in total. The number of fused-ring (bicyclic) bond motifs is 1. The Morgan fingerprint density at radius 2 is 2.12 bits per heavy atom. The second kappa shape index (κ2) is 6.12. The van der Waals surface area contributed by atoms with Crippen molar-refractivity contribution in [3.05, 3.63) is 53.1 Å². The van der Waals surface area contributed by atoms with Gasteiger partial charge in [0, 0.05) is 19.5 Å². The predicted octanol–water partition coefficient (Wildman–Crippen LogP) is 2.80. The number of amides is 1. The van der Waals surface area contributed by atoms with E-state index in [9.17, 15) is 23.1 Å². The van der Waals surface area contributed by atoms with Gasteiger partial charge in [-0.1, -0.05) is 12.1 Å². The highest BCUT2D eigenvalue weighted by Gasteiger charge is 2.39. The van der Waals surface area contributed by atoms with Crippen molar-refractivity contribution in [3.63, 3.8) is 0 Å². The largest absolute Gasteiger partial charge is 0.416 e. The number of nitrogens with zero attached hydrogens (tertiary/aromatic N) is 3. The van der Waals surface area contributed by atoms with Gasteiger partial charge in [-0.2, -0.15) is 13.2 Å². The van der Waals surface area contributed by atoms with Crippen LogP contribution in [0.5, 0.6) is 0 Å². The molecule has 1 aromatic heterocycles. The lowest BCUT2D eigenvalue weighted by Gasteiger charge is -2.25. The molecule has 8 heteroatoms. The van der Waals surface area contributed by atoms with E-state index in [1.807, 2.05) is 4.57 Å². The minimum Gasteiger partial charge on any atom is -0.391 e. The van der Waals surface area contributed by atoms with E-state index >= 15 is 0 Å². The van der Waals surface area contributed by atoms with Gasteiger partial charge in [0.1, 0.15) is 11.5 Å². The first kappa shape index (κ1) is 17.1. The average molecular weight is 365 g/mol. The van der Waals surface area contributed by atoms with E-state index in [0.29, 0.717) is 17.8 Å². The molecule has 2 aromatic rings. The summed E-state index contributed by atoms with van der Waals surface area (Å²) >= 11 is 0. The molecule has 0 bridgehead atoms. The van der Waals surface area contributed by atoms with Crippen LogP contribution in [0.15, 0.2) is 30.5 Å². The first-order chi connectivity index (χ1) is 12.3. The monoisotopic (exact) mass is 365 g/mol. The van der Waals surface area contributed by atoms with Crippen LogP contribution in [0.4, 0.5) is 13.2 Å². The van der Waals surface area contributed by atoms with Crippen LogP contribution in [0.1, 0.15) is 46.3 Å². The smallest absolute Gasteiger partial charge is 0.391 e. The number of alkyl halides is 3. The number of rotatable bonds is 2. The molecule has 1 saturated heterocycles. The molecule has 1 amide bonds. The lowest BCUT2D eigenvalue weighted by atomic mass is 10.0. The highest BCUT2D eigenvalue weighted by Crippen LogP contribution is 2.37. The summed E-state index contributed by atoms with van der Waals surface area (Å²) in [5.74, 6) is 0.549. The number of aryl methyl sites for hydroxylation is 1. The first-order valence-electron chi connectivity index (χ1n) is 8.55. The normalized spacial score (nSPS) is 22.7. The van der Waals surface area contributed by atoms with Crippen molar-refractivity contribution in [2.45, 2.75) is 44.1 Å². The molecule has 5 nitrogen and oxygen atoms in total. The van der Waals surface area contributed by atoms with Crippen LogP contribution in [-0.2, 0) is 19.1 Å². The quantitative estimate of drug-likeness (QED) is 0.890. The van der Waals surface area contributed by atoms with E-state index in [0.717, 1.165) is 30.8 Å². The zero-order valence-corrected chi connectivity index (χ0v) is 13.9. The van der Waals surface area contributed by atoms with Crippen LogP contribution >= 0.6 is 0 Å². The van der Waals surface area contributed by atoms with Gasteiger partial charge in [-0.3, -0.25) is 4.79 Å². The molecule has 26 heavy (non-hydrogen) atoms. The molecule has 1 aromatic carbocycles. The summed E-state index contributed by atoms with van der Waals surface area (Å²) in [5.41, 5.74) is 0.0588. The SMILES string of the molecule is O=C(c1cnc2n1CCC2)N1CC(O)CC1c1cccc(C(F)(F)F)c1. The highest BCUT2D eigenvalue weighted by atomic mass is 19.4. The lowest BCUT2D eigenvalue weighted by molar-refractivity contribution is -0.137. The minimum atomic E-state index is -4.45. The zero-order valence-electron chi connectivity index (χ0n) is 13.9. The van der Waals surface area contributed by atoms with Crippen molar-refractivity contribution in [2.24, 2.45) is 0 Å². The van der Waals surface area contributed by atoms with Crippen molar-refractivity contribution < 1.29 is 23.1 Å². The maximum atomic E-state index is 13.0. The predicted molar refractivity (Wildman–Crippen MR) is 86.4 cm³/mol. The number of imidazole rings is 1. The van der Waals surface area contributed by atoms with Gasteiger partial charge in [-0.15, -0.1) is 0 Å². The number of aromatic nitrogens is 2. The third-order valence-corrected chi connectivity index (χ3v) is 5.08. The Labute approximate surface area is 148 Å². The fraction of sp³-hybridized carbons (Fsp3) is 0.444. The fourth-order valence-corrected chi connectivity index (χ4v) is 3.85. The molecular weight excluding hydrogens is 347 g/mol. The van der Waals surface area contributed by atoms with E-state index in [1.165, 1.54) is 17.2 Å². The molecule has 0 saturated carbocycles. The molecule has 0 spiro atoms. The number of carbonyl (C=O) groups excluding carboxylic acids is 1. The van der Waals surface area contributed by atoms with Gasteiger partial charge in [0.05, 0.1) is 23.9 Å². The summed E-state index contributed by atoms with van der Waals surface area (Å²) in [6, 6.07) is 4.38. The topological polar surface area (TPSA) is 58.4 Å². The maximum Gasteiger partial charge on any atom is 0.416 e. The summed E-state index contributed by atoms with van der Waals surface area (Å²) < 4.78 is 40.9. The number of aliphatic hydroxyl groups excluding tert-OH is 1. The number of hydrogen-bond acceptors (Lipinski definition) is 3. The van der Waals surface area contributed by atoms with Crippen molar-refractivity contribution in [3.8, 4) is 0 Å². The molecule has 138 valence electrons. The van der Waals surface area contributed by atoms with Gasteiger partial charge in [-0.25, -0.2) is 4.98 Å². The van der Waals surface area contributed by atoms with Crippen molar-refractivity contribution in [1.82, 2.24) is 14.5 Å². The minimum absolute atomic E-state index is 0.0975. The summed E-state index contributed by atoms with van der Waals surface area (Å²) in [6.45, 7) is 0.807. The van der Waals surface area contributed by atoms with Crippen molar-refractivity contribution >= 4 is 5.91 Å². The van der Waals surface area contributed by atoms with Gasteiger partial charge in [0.25, 0.3) is 5.91 Å². The number of aliphatic hydroxyl groups is 1. The zero-order chi connectivity index (χ0) is 18.5. The molecule has 2 aliphatic heterocycles. The van der Waals surface area contributed by atoms with Gasteiger partial charge < -0.3 is 14.6 Å². The third kappa shape index (κ3) is 2.88. The van der Waals surface area contributed by atoms with Crippen LogP contribution in [0.25, 0.3) is 0 Å². The highest BCUT2D eigenvalue weighted by molar-refractivity contribution is 5.93. The Balaban J connectivity index is 1.66. The average Bonchev–Trinajstić information content (AvgIpc) is 3.28. The molecular formula is C18H18F3N3O2. The van der Waals surface area contributed by atoms with Gasteiger partial charge in [0.2, 0.25) is 0 Å². The summed E-state index contributed by atoms with van der Waals surface area (Å²) in [5, 5.41) is 10.1. The number of carbonyl (C=O) groups is 1. The van der Waals surface area contributed by atoms with Crippen molar-refractivity contribution in [1.29, 1.82) is 0 Å². The standard InChI is InChI=1S/C18H18F3N3O2/c19-18(20,21)12-4-1-3-11(7-12)14-8-13(25)10-24(14)17(26)15-9-22-16-5-2-6-23(15)16/h1,3-4,7,9,13-14,25H,2,5-6,8,10H2. The molecule has 2 aliphatic rings. The Morgan fingerprint density at radius 1 is 1.31 bits per heavy atom. The number of benzene rings is 1. The second-order valence-corrected chi connectivity index (χ2v) is 6.80. The van der Waals surface area contributed by atoms with E-state index in [4.69, 9.17) is 0 Å². The van der Waals surface area contributed by atoms with E-state index in [1.54, 1.807) is 6.07 Å². The van der Waals surface area contributed by atoms with Gasteiger partial charge >= 0.3 is 6.18 Å². The second-order valence-electron chi connectivity index (χ2n) is 6.80. The Morgan fingerprint density at radius 3 is 2.88 bits per heavy atom. The first-order valence-corrected chi connectivity index (χ1v) is 8.55. The Hall–Kier alpha value is -2.35. The van der Waals surface area contributed by atoms with E-state index in [-0.39, 0.29) is 18.9 Å². The summed E-state index contributed by atoms with van der Waals surface area (Å²) in [4.78, 5) is 18.7. The van der Waals surface area contributed by atoms with Gasteiger partial charge in [0.15, 0.2) is 0 Å². The van der Waals surface area contributed by atoms with Crippen LogP contribution in [-0.4, -0.2) is 38.1 Å². The summed E-state index contributed by atoms with van der Waals surface area (Å²) in [7, 11) is 0. The van der Waals surface area contributed by atoms with E-state index < -0.39 is 23.9 Å².